The molecule has 0 saturated carbocycles. The third-order valence-corrected chi connectivity index (χ3v) is 10.3. The molecule has 7 rings (SSSR count). The Balaban J connectivity index is 0.000000167. The van der Waals surface area contributed by atoms with Crippen LogP contribution in [0.1, 0.15) is 103 Å². The molecule has 4 aromatic rings. The number of hydrogen-bond donors (Lipinski definition) is 0. The summed E-state index contributed by atoms with van der Waals surface area (Å²) in [5.74, 6) is 0.573. The normalized spacial score (nSPS) is 18.9. The average molecular weight is 656 g/mol. The standard InChI is InChI=1S/C25H25.C11H17.C7H6.Zr/c1-14-12-24(3,4)22-8-16-7-17-9-23-19(15(2)13-25(23,5)6)11-21(17)20(16)10-18(14)22;1-5-9-6-7-10(8-9)11(2,3)4;1-7-5-3-2-4-6-7;/h7-13H,1-6H3;7-9H,5H2,1-4H3;1-6H;/q2*-1;;+2. The summed E-state index contributed by atoms with van der Waals surface area (Å²) in [6.45, 7) is 22.7. The second-order valence-electron chi connectivity index (χ2n) is 15.0. The molecular weight excluding hydrogens is 608 g/mol. The molecule has 4 aromatic carbocycles. The second kappa shape index (κ2) is 12.2. The zero-order valence-corrected chi connectivity index (χ0v) is 30.9. The first kappa shape index (κ1) is 32.6. The van der Waals surface area contributed by atoms with E-state index in [0.29, 0.717) is 11.3 Å². The van der Waals surface area contributed by atoms with Crippen molar-refractivity contribution >= 4 is 36.4 Å². The van der Waals surface area contributed by atoms with Gasteiger partial charge in [0.1, 0.15) is 0 Å². The van der Waals surface area contributed by atoms with Gasteiger partial charge in [-0.15, -0.1) is 39.7 Å². The van der Waals surface area contributed by atoms with Gasteiger partial charge in [0, 0.05) is 10.8 Å². The molecule has 0 heterocycles. The Hall–Kier alpha value is -2.76. The van der Waals surface area contributed by atoms with Gasteiger partial charge in [0.05, 0.1) is 0 Å². The van der Waals surface area contributed by atoms with E-state index in [-0.39, 0.29) is 10.8 Å². The summed E-state index contributed by atoms with van der Waals surface area (Å²) < 4.78 is 2.17. The molecule has 1 atom stereocenters. The number of hydrogen-bond acceptors (Lipinski definition) is 0. The molecule has 0 radical (unpaired) electrons. The summed E-state index contributed by atoms with van der Waals surface area (Å²) in [4.78, 5) is 0. The molecule has 3 aliphatic carbocycles. The molecule has 0 amide bonds. The van der Waals surface area contributed by atoms with Crippen LogP contribution in [0.2, 0.25) is 0 Å². The van der Waals surface area contributed by atoms with Crippen molar-refractivity contribution in [2.75, 3.05) is 0 Å². The van der Waals surface area contributed by atoms with Gasteiger partial charge in [0.25, 0.3) is 0 Å². The molecule has 0 fully saturated rings. The Morgan fingerprint density at radius 3 is 1.68 bits per heavy atom. The van der Waals surface area contributed by atoms with Crippen molar-refractivity contribution in [3.8, 4) is 0 Å². The molecule has 0 aliphatic heterocycles. The van der Waals surface area contributed by atoms with Crippen LogP contribution >= 0.6 is 0 Å². The van der Waals surface area contributed by atoms with Crippen LogP contribution in [0.25, 0.3) is 32.7 Å². The molecule has 0 aromatic heterocycles. The number of fused-ring (bicyclic) bond motifs is 5. The van der Waals surface area contributed by atoms with Gasteiger partial charge < -0.3 is 0 Å². The summed E-state index contributed by atoms with van der Waals surface area (Å²) in [5.41, 5.74) is 12.0. The molecule has 0 bridgehead atoms. The summed E-state index contributed by atoms with van der Waals surface area (Å²) in [6.07, 6.45) is 13.8. The van der Waals surface area contributed by atoms with Gasteiger partial charge >= 0.3 is 63.8 Å². The quantitative estimate of drug-likeness (QED) is 0.189. The van der Waals surface area contributed by atoms with E-state index in [0.717, 1.165) is 0 Å². The first-order valence-corrected chi connectivity index (χ1v) is 17.6. The van der Waals surface area contributed by atoms with Crippen molar-refractivity contribution in [1.29, 1.82) is 0 Å². The molecule has 1 unspecified atom stereocenters. The van der Waals surface area contributed by atoms with E-state index in [1.165, 1.54) is 96.7 Å². The van der Waals surface area contributed by atoms with Gasteiger partial charge in [-0.25, -0.2) is 6.08 Å². The van der Waals surface area contributed by atoms with Crippen LogP contribution in [0, 0.1) is 17.4 Å². The van der Waals surface area contributed by atoms with Crippen LogP contribution in [0.4, 0.5) is 0 Å². The molecule has 3 aliphatic rings. The average Bonchev–Trinajstić information content (AvgIpc) is 3.70. The van der Waals surface area contributed by atoms with Crippen molar-refractivity contribution in [1.82, 2.24) is 0 Å². The molecular formula is C43H48Zr. The molecule has 44 heavy (non-hydrogen) atoms. The molecule has 0 spiro atoms. The van der Waals surface area contributed by atoms with E-state index in [2.05, 4.69) is 158 Å². The van der Waals surface area contributed by atoms with Crippen LogP contribution in [-0.2, 0) is 35.1 Å². The van der Waals surface area contributed by atoms with Crippen molar-refractivity contribution in [2.24, 2.45) is 11.3 Å². The molecule has 0 N–H and O–H groups in total. The van der Waals surface area contributed by atoms with Crippen LogP contribution in [0.5, 0.6) is 0 Å². The first-order chi connectivity index (χ1) is 20.6. The van der Waals surface area contributed by atoms with Crippen molar-refractivity contribution in [3.05, 3.63) is 124 Å². The number of allylic oxidation sites excluding steroid dienone is 8. The third kappa shape index (κ3) is 6.46. The fourth-order valence-corrected chi connectivity index (χ4v) is 7.45. The summed E-state index contributed by atoms with van der Waals surface area (Å²) >= 11 is 1.46. The Kier molecular flexibility index (Phi) is 9.06. The summed E-state index contributed by atoms with van der Waals surface area (Å²) in [6, 6.07) is 22.4. The minimum absolute atomic E-state index is 0.139. The van der Waals surface area contributed by atoms with Crippen LogP contribution in [0.15, 0.2) is 90.5 Å². The monoisotopic (exact) mass is 654 g/mol. The van der Waals surface area contributed by atoms with Crippen LogP contribution in [0.3, 0.4) is 0 Å². The van der Waals surface area contributed by atoms with Gasteiger partial charge in [-0.05, 0) is 36.1 Å². The Bertz CT molecular complexity index is 1750. The van der Waals surface area contributed by atoms with E-state index in [9.17, 15) is 0 Å². The van der Waals surface area contributed by atoms with Crippen LogP contribution < -0.4 is 0 Å². The SMILES string of the molecule is CC1=CC(C)(C)c2cc3[cH-]c4cc5c(cc4c3cc21)C(C)=CC5(C)C.CCC1[C-]=CC(C(C)(C)C)=C1.[Zr+2]=[CH]c1ccccc1. The Labute approximate surface area is 281 Å². The summed E-state index contributed by atoms with van der Waals surface area (Å²) in [7, 11) is 0. The first-order valence-electron chi connectivity index (χ1n) is 16.1. The van der Waals surface area contributed by atoms with E-state index < -0.39 is 0 Å². The van der Waals surface area contributed by atoms with E-state index in [1.54, 1.807) is 0 Å². The van der Waals surface area contributed by atoms with Gasteiger partial charge in [0.15, 0.2) is 0 Å². The van der Waals surface area contributed by atoms with Crippen molar-refractivity contribution < 1.29 is 24.2 Å². The molecule has 224 valence electrons. The zero-order valence-electron chi connectivity index (χ0n) is 28.4. The summed E-state index contributed by atoms with van der Waals surface area (Å²) in [5, 5.41) is 5.57. The number of benzene rings is 3. The topological polar surface area (TPSA) is 0 Å². The van der Waals surface area contributed by atoms with Gasteiger partial charge in [-0.3, -0.25) is 6.08 Å². The predicted octanol–water partition coefficient (Wildman–Crippen LogP) is 11.8. The van der Waals surface area contributed by atoms with E-state index in [1.807, 2.05) is 6.07 Å². The maximum atomic E-state index is 3.35. The Morgan fingerprint density at radius 2 is 1.32 bits per heavy atom. The van der Waals surface area contributed by atoms with Gasteiger partial charge in [-0.1, -0.05) is 109 Å². The fourth-order valence-electron chi connectivity index (χ4n) is 6.98. The number of rotatable bonds is 2. The molecule has 1 heteroatoms. The minimum atomic E-state index is 0.139. The van der Waals surface area contributed by atoms with E-state index >= 15 is 0 Å². The third-order valence-electron chi connectivity index (χ3n) is 9.48. The Morgan fingerprint density at radius 1 is 0.818 bits per heavy atom. The van der Waals surface area contributed by atoms with Crippen molar-refractivity contribution in [2.45, 2.75) is 86.5 Å². The predicted molar refractivity (Wildman–Crippen MR) is 191 cm³/mol. The van der Waals surface area contributed by atoms with Crippen LogP contribution in [-0.4, -0.2) is 3.71 Å². The van der Waals surface area contributed by atoms with Gasteiger partial charge in [-0.2, -0.15) is 11.6 Å². The fraction of sp³-hybridized carbons (Fsp3) is 0.349. The maximum absolute atomic E-state index is 3.35. The molecule has 0 nitrogen and oxygen atoms in total. The van der Waals surface area contributed by atoms with Gasteiger partial charge in [0.2, 0.25) is 0 Å². The second-order valence-corrected chi connectivity index (χ2v) is 15.7. The zero-order chi connectivity index (χ0) is 32.0. The van der Waals surface area contributed by atoms with E-state index in [4.69, 9.17) is 0 Å². The molecule has 0 saturated heterocycles. The van der Waals surface area contributed by atoms with Crippen molar-refractivity contribution in [3.63, 3.8) is 0 Å².